The van der Waals surface area contributed by atoms with Crippen LogP contribution in [0.25, 0.3) is 0 Å². The summed E-state index contributed by atoms with van der Waals surface area (Å²) >= 11 is 0. The molecule has 0 bridgehead atoms. The molecule has 19 heavy (non-hydrogen) atoms. The Labute approximate surface area is 115 Å². The number of piperazine rings is 1. The summed E-state index contributed by atoms with van der Waals surface area (Å²) in [5.41, 5.74) is 0. The summed E-state index contributed by atoms with van der Waals surface area (Å²) in [6.07, 6.45) is 2.80. The molecule has 106 valence electrons. The van der Waals surface area contributed by atoms with E-state index in [1.807, 2.05) is 4.90 Å². The largest absolute Gasteiger partial charge is 0.381 e. The minimum absolute atomic E-state index is 0.0112. The zero-order valence-electron chi connectivity index (χ0n) is 11.7. The first-order valence-electron chi connectivity index (χ1n) is 7.26. The van der Waals surface area contributed by atoms with Crippen molar-refractivity contribution in [2.75, 3.05) is 39.4 Å². The molecule has 2 fully saturated rings. The van der Waals surface area contributed by atoms with Gasteiger partial charge in [-0.3, -0.25) is 9.69 Å². The molecule has 5 nitrogen and oxygen atoms in total. The first kappa shape index (κ1) is 14.3. The van der Waals surface area contributed by atoms with Gasteiger partial charge in [-0.2, -0.15) is 5.26 Å². The molecule has 2 saturated heterocycles. The maximum Gasteiger partial charge on any atom is 0.228 e. The number of carbonyl (C=O) groups excluding carboxylic acids is 1. The summed E-state index contributed by atoms with van der Waals surface area (Å²) < 4.78 is 5.28. The number of nitrogens with zero attached hydrogens (tertiary/aromatic N) is 3. The first-order valence-corrected chi connectivity index (χ1v) is 7.26. The van der Waals surface area contributed by atoms with Gasteiger partial charge in [0, 0.05) is 32.8 Å². The second-order valence-electron chi connectivity index (χ2n) is 5.36. The van der Waals surface area contributed by atoms with Crippen LogP contribution in [0.15, 0.2) is 0 Å². The van der Waals surface area contributed by atoms with Gasteiger partial charge < -0.3 is 9.64 Å². The summed E-state index contributed by atoms with van der Waals surface area (Å²) in [7, 11) is 0. The highest BCUT2D eigenvalue weighted by molar-refractivity contribution is 5.79. The molecule has 0 aromatic heterocycles. The number of rotatable bonds is 4. The molecule has 2 heterocycles. The van der Waals surface area contributed by atoms with Crippen molar-refractivity contribution in [3.05, 3.63) is 0 Å². The third-order valence-electron chi connectivity index (χ3n) is 4.06. The Balaban J connectivity index is 1.81. The smallest absolute Gasteiger partial charge is 0.228 e. The maximum atomic E-state index is 12.2. The monoisotopic (exact) mass is 265 g/mol. The molecule has 2 rings (SSSR count). The molecule has 0 spiro atoms. The van der Waals surface area contributed by atoms with Gasteiger partial charge >= 0.3 is 0 Å². The molecule has 0 N–H and O–H groups in total. The first-order chi connectivity index (χ1) is 9.26. The number of nitriles is 1. The van der Waals surface area contributed by atoms with E-state index >= 15 is 0 Å². The van der Waals surface area contributed by atoms with Crippen molar-refractivity contribution in [1.29, 1.82) is 5.26 Å². The lowest BCUT2D eigenvalue weighted by Gasteiger charge is -2.37. The Morgan fingerprint density at radius 3 is 2.68 bits per heavy atom. The summed E-state index contributed by atoms with van der Waals surface area (Å²) in [4.78, 5) is 16.4. The molecular formula is C14H23N3O2. The average Bonchev–Trinajstić information content (AvgIpc) is 2.98. The van der Waals surface area contributed by atoms with E-state index in [0.29, 0.717) is 13.2 Å². The van der Waals surface area contributed by atoms with E-state index in [0.717, 1.165) is 45.4 Å². The molecule has 2 unspecified atom stereocenters. The van der Waals surface area contributed by atoms with Gasteiger partial charge in [0.25, 0.3) is 0 Å². The van der Waals surface area contributed by atoms with Crippen LogP contribution in [0.3, 0.4) is 0 Å². The Morgan fingerprint density at radius 1 is 1.42 bits per heavy atom. The van der Waals surface area contributed by atoms with Gasteiger partial charge in [0.1, 0.15) is 0 Å². The van der Waals surface area contributed by atoms with Crippen molar-refractivity contribution in [2.45, 2.75) is 32.2 Å². The zero-order valence-corrected chi connectivity index (χ0v) is 11.7. The van der Waals surface area contributed by atoms with Gasteiger partial charge in [0.15, 0.2) is 0 Å². The molecule has 2 aliphatic heterocycles. The van der Waals surface area contributed by atoms with Crippen molar-refractivity contribution in [3.8, 4) is 6.07 Å². The molecule has 0 saturated carbocycles. The van der Waals surface area contributed by atoms with Crippen LogP contribution in [0.1, 0.15) is 26.2 Å². The number of ether oxygens (including phenoxy) is 1. The Hall–Kier alpha value is -1.12. The minimum Gasteiger partial charge on any atom is -0.381 e. The molecule has 1 amide bonds. The van der Waals surface area contributed by atoms with Crippen molar-refractivity contribution < 1.29 is 9.53 Å². The minimum atomic E-state index is 0.0112. The van der Waals surface area contributed by atoms with Gasteiger partial charge in [0.05, 0.1) is 24.6 Å². The second-order valence-corrected chi connectivity index (χ2v) is 5.36. The van der Waals surface area contributed by atoms with E-state index < -0.39 is 0 Å². The Bertz CT molecular complexity index is 339. The highest BCUT2D eigenvalue weighted by Gasteiger charge is 2.31. The molecular weight excluding hydrogens is 242 g/mol. The topological polar surface area (TPSA) is 56.6 Å². The van der Waals surface area contributed by atoms with Gasteiger partial charge in [-0.1, -0.05) is 13.3 Å². The van der Waals surface area contributed by atoms with Crippen LogP contribution in [-0.4, -0.2) is 61.1 Å². The van der Waals surface area contributed by atoms with Crippen LogP contribution >= 0.6 is 0 Å². The third-order valence-corrected chi connectivity index (χ3v) is 4.06. The number of carbonyl (C=O) groups is 1. The fraction of sp³-hybridized carbons (Fsp3) is 0.857. The van der Waals surface area contributed by atoms with E-state index in [1.54, 1.807) is 0 Å². The molecule has 0 aromatic rings. The van der Waals surface area contributed by atoms with E-state index in [9.17, 15) is 4.79 Å². The highest BCUT2D eigenvalue weighted by Crippen LogP contribution is 2.18. The molecule has 2 atom stereocenters. The van der Waals surface area contributed by atoms with E-state index in [-0.39, 0.29) is 17.9 Å². The van der Waals surface area contributed by atoms with Gasteiger partial charge in [-0.25, -0.2) is 0 Å². The van der Waals surface area contributed by atoms with E-state index in [4.69, 9.17) is 10.00 Å². The van der Waals surface area contributed by atoms with Crippen molar-refractivity contribution >= 4 is 5.91 Å². The zero-order chi connectivity index (χ0) is 13.7. The van der Waals surface area contributed by atoms with E-state index in [1.165, 1.54) is 0 Å². The van der Waals surface area contributed by atoms with Crippen LogP contribution in [0.5, 0.6) is 0 Å². The van der Waals surface area contributed by atoms with Crippen LogP contribution in [-0.2, 0) is 9.53 Å². The lowest BCUT2D eigenvalue weighted by atomic mass is 10.1. The molecule has 0 aliphatic carbocycles. The number of amides is 1. The predicted molar refractivity (Wildman–Crippen MR) is 71.4 cm³/mol. The van der Waals surface area contributed by atoms with Crippen LogP contribution in [0.2, 0.25) is 0 Å². The van der Waals surface area contributed by atoms with E-state index in [2.05, 4.69) is 17.9 Å². The highest BCUT2D eigenvalue weighted by atomic mass is 16.5. The lowest BCUT2D eigenvalue weighted by molar-refractivity contribution is -0.137. The average molecular weight is 265 g/mol. The SMILES string of the molecule is CCCC(C#N)N1CCN(C(=O)C2CCOC2)CC1. The van der Waals surface area contributed by atoms with Crippen molar-refractivity contribution in [1.82, 2.24) is 9.80 Å². The summed E-state index contributed by atoms with van der Waals surface area (Å²) in [6, 6.07) is 2.39. The Morgan fingerprint density at radius 2 is 2.16 bits per heavy atom. The third kappa shape index (κ3) is 3.46. The summed E-state index contributed by atoms with van der Waals surface area (Å²) in [5.74, 6) is 0.301. The lowest BCUT2D eigenvalue weighted by Crippen LogP contribution is -2.53. The fourth-order valence-corrected chi connectivity index (χ4v) is 2.84. The van der Waals surface area contributed by atoms with Gasteiger partial charge in [-0.05, 0) is 12.8 Å². The van der Waals surface area contributed by atoms with Crippen LogP contribution < -0.4 is 0 Å². The van der Waals surface area contributed by atoms with Crippen LogP contribution in [0.4, 0.5) is 0 Å². The molecule has 0 aromatic carbocycles. The molecule has 2 aliphatic rings. The predicted octanol–water partition coefficient (Wildman–Crippen LogP) is 0.859. The van der Waals surface area contributed by atoms with Crippen LogP contribution in [0, 0.1) is 17.2 Å². The molecule has 0 radical (unpaired) electrons. The number of hydrogen-bond donors (Lipinski definition) is 0. The summed E-state index contributed by atoms with van der Waals surface area (Å²) in [6.45, 7) is 6.52. The van der Waals surface area contributed by atoms with Gasteiger partial charge in [0.2, 0.25) is 5.91 Å². The second kappa shape index (κ2) is 6.88. The fourth-order valence-electron chi connectivity index (χ4n) is 2.84. The van der Waals surface area contributed by atoms with Gasteiger partial charge in [-0.15, -0.1) is 0 Å². The Kier molecular flexibility index (Phi) is 5.17. The summed E-state index contributed by atoms with van der Waals surface area (Å²) in [5, 5.41) is 9.17. The maximum absolute atomic E-state index is 12.2. The standard InChI is InChI=1S/C14H23N3O2/c1-2-3-13(10-15)16-5-7-17(8-6-16)14(18)12-4-9-19-11-12/h12-13H,2-9,11H2,1H3. The van der Waals surface area contributed by atoms with Crippen molar-refractivity contribution in [3.63, 3.8) is 0 Å². The normalized spacial score (nSPS) is 26.1. The van der Waals surface area contributed by atoms with Crippen molar-refractivity contribution in [2.24, 2.45) is 5.92 Å². The molecule has 5 heteroatoms. The number of hydrogen-bond acceptors (Lipinski definition) is 4. The quantitative estimate of drug-likeness (QED) is 0.756.